The summed E-state index contributed by atoms with van der Waals surface area (Å²) >= 11 is 0. The van der Waals surface area contributed by atoms with Crippen molar-refractivity contribution in [3.05, 3.63) is 42.0 Å². The number of urea groups is 1. The summed E-state index contributed by atoms with van der Waals surface area (Å²) in [6.45, 7) is 0. The molecule has 0 radical (unpaired) electrons. The first kappa shape index (κ1) is 11.5. The number of amides is 3. The third-order valence-corrected chi connectivity index (χ3v) is 3.18. The van der Waals surface area contributed by atoms with E-state index in [1.54, 1.807) is 7.11 Å². The van der Waals surface area contributed by atoms with Crippen molar-refractivity contribution in [2.75, 3.05) is 7.11 Å². The van der Waals surface area contributed by atoms with Gasteiger partial charge >= 0.3 is 6.03 Å². The normalized spacial score (nSPS) is 18.3. The molecule has 1 aliphatic rings. The molecule has 0 spiro atoms. The third-order valence-electron chi connectivity index (χ3n) is 3.18. The Bertz CT molecular complexity index is 681. The third kappa shape index (κ3) is 1.99. The lowest BCUT2D eigenvalue weighted by molar-refractivity contribution is -0.120. The minimum atomic E-state index is -0.612. The van der Waals surface area contributed by atoms with E-state index < -0.39 is 12.1 Å². The molecule has 1 atom stereocenters. The lowest BCUT2D eigenvalue weighted by Gasteiger charge is -2.09. The molecule has 5 nitrogen and oxygen atoms in total. The van der Waals surface area contributed by atoms with Crippen molar-refractivity contribution >= 4 is 22.7 Å². The van der Waals surface area contributed by atoms with Crippen molar-refractivity contribution in [1.29, 1.82) is 0 Å². The molecule has 5 heteroatoms. The van der Waals surface area contributed by atoms with Crippen molar-refractivity contribution < 1.29 is 14.3 Å². The van der Waals surface area contributed by atoms with Gasteiger partial charge in [-0.1, -0.05) is 18.2 Å². The van der Waals surface area contributed by atoms with E-state index in [2.05, 4.69) is 10.6 Å². The Hall–Kier alpha value is -2.56. The predicted molar refractivity (Wildman–Crippen MR) is 69.9 cm³/mol. The summed E-state index contributed by atoms with van der Waals surface area (Å²) in [5, 5.41) is 6.82. The summed E-state index contributed by atoms with van der Waals surface area (Å²) in [6.07, 6.45) is 0. The maximum atomic E-state index is 11.6. The number of fused-ring (bicyclic) bond motifs is 1. The minimum absolute atomic E-state index is 0.321. The lowest BCUT2D eigenvalue weighted by Crippen LogP contribution is -2.22. The van der Waals surface area contributed by atoms with Gasteiger partial charge in [0.1, 0.15) is 11.8 Å². The number of nitrogens with one attached hydrogen (secondary N) is 2. The van der Waals surface area contributed by atoms with Crippen LogP contribution in [0.5, 0.6) is 5.75 Å². The number of rotatable bonds is 2. The number of hydrogen-bond donors (Lipinski definition) is 2. The average Bonchev–Trinajstić information content (AvgIpc) is 2.76. The Kier molecular flexibility index (Phi) is 2.59. The van der Waals surface area contributed by atoms with Crippen molar-refractivity contribution in [2.24, 2.45) is 0 Å². The van der Waals surface area contributed by atoms with Crippen LogP contribution in [0.15, 0.2) is 36.4 Å². The molecule has 3 rings (SSSR count). The Balaban J connectivity index is 2.02. The monoisotopic (exact) mass is 256 g/mol. The van der Waals surface area contributed by atoms with Gasteiger partial charge in [-0.3, -0.25) is 10.1 Å². The number of benzene rings is 2. The summed E-state index contributed by atoms with van der Waals surface area (Å²) < 4.78 is 5.16. The summed E-state index contributed by atoms with van der Waals surface area (Å²) in [5.41, 5.74) is 0.765. The zero-order valence-corrected chi connectivity index (χ0v) is 10.3. The van der Waals surface area contributed by atoms with Gasteiger partial charge in [0.25, 0.3) is 5.91 Å². The lowest BCUT2D eigenvalue weighted by atomic mass is 10.0. The molecule has 2 aromatic rings. The predicted octanol–water partition coefficient (Wildman–Crippen LogP) is 1.73. The number of carbonyl (C=O) groups excluding carboxylic acids is 2. The first-order chi connectivity index (χ1) is 9.17. The van der Waals surface area contributed by atoms with Crippen LogP contribution in [0.2, 0.25) is 0 Å². The van der Waals surface area contributed by atoms with Gasteiger partial charge in [0.2, 0.25) is 0 Å². The quantitative estimate of drug-likeness (QED) is 0.804. The molecule has 1 heterocycles. The summed E-state index contributed by atoms with van der Waals surface area (Å²) in [5.74, 6) is 0.463. The fourth-order valence-corrected chi connectivity index (χ4v) is 2.20. The van der Waals surface area contributed by atoms with Gasteiger partial charge in [-0.05, 0) is 34.5 Å². The highest BCUT2D eigenvalue weighted by atomic mass is 16.5. The minimum Gasteiger partial charge on any atom is -0.497 e. The first-order valence-electron chi connectivity index (χ1n) is 5.86. The van der Waals surface area contributed by atoms with Crippen LogP contribution in [0.1, 0.15) is 11.6 Å². The molecule has 1 saturated heterocycles. The van der Waals surface area contributed by atoms with Gasteiger partial charge < -0.3 is 10.1 Å². The number of imide groups is 1. The van der Waals surface area contributed by atoms with Crippen LogP contribution >= 0.6 is 0 Å². The molecule has 2 aromatic carbocycles. The summed E-state index contributed by atoms with van der Waals surface area (Å²) in [7, 11) is 1.62. The molecule has 3 amide bonds. The topological polar surface area (TPSA) is 67.4 Å². The molecule has 1 fully saturated rings. The van der Waals surface area contributed by atoms with E-state index in [0.29, 0.717) is 0 Å². The molecule has 19 heavy (non-hydrogen) atoms. The summed E-state index contributed by atoms with van der Waals surface area (Å²) in [4.78, 5) is 22.7. The van der Waals surface area contributed by atoms with Gasteiger partial charge in [0.05, 0.1) is 7.11 Å². The Morgan fingerprint density at radius 3 is 2.47 bits per heavy atom. The summed E-state index contributed by atoms with van der Waals surface area (Å²) in [6, 6.07) is 10.3. The van der Waals surface area contributed by atoms with Gasteiger partial charge in [-0.15, -0.1) is 0 Å². The highest BCUT2D eigenvalue weighted by Crippen LogP contribution is 2.25. The van der Waals surface area contributed by atoms with Gasteiger partial charge in [0.15, 0.2) is 0 Å². The van der Waals surface area contributed by atoms with Crippen molar-refractivity contribution in [1.82, 2.24) is 10.6 Å². The van der Waals surface area contributed by atoms with E-state index in [1.807, 2.05) is 36.4 Å². The van der Waals surface area contributed by atoms with E-state index in [4.69, 9.17) is 4.74 Å². The molecule has 0 aromatic heterocycles. The Morgan fingerprint density at radius 2 is 1.79 bits per heavy atom. The molecule has 0 bridgehead atoms. The standard InChI is InChI=1S/C14H12N2O3/c1-19-11-5-4-8-6-10(3-2-9(8)7-11)12-13(17)16-14(18)15-12/h2-7,12H,1H3,(H2,15,16,17,18). The number of carbonyl (C=O) groups is 2. The highest BCUT2D eigenvalue weighted by Gasteiger charge is 2.30. The van der Waals surface area contributed by atoms with Crippen LogP contribution in [-0.2, 0) is 4.79 Å². The molecular formula is C14H12N2O3. The smallest absolute Gasteiger partial charge is 0.322 e. The van der Waals surface area contributed by atoms with Crippen LogP contribution in [0.4, 0.5) is 4.79 Å². The number of methoxy groups -OCH3 is 1. The largest absolute Gasteiger partial charge is 0.497 e. The van der Waals surface area contributed by atoms with Crippen LogP contribution in [0.3, 0.4) is 0 Å². The maximum absolute atomic E-state index is 11.6. The second-order valence-corrected chi connectivity index (χ2v) is 4.37. The number of hydrogen-bond acceptors (Lipinski definition) is 3. The SMILES string of the molecule is COc1ccc2cc(C3NC(=O)NC3=O)ccc2c1. The van der Waals surface area contributed by atoms with Crippen LogP contribution in [-0.4, -0.2) is 19.0 Å². The Labute approximate surface area is 109 Å². The average molecular weight is 256 g/mol. The molecule has 96 valence electrons. The van der Waals surface area contributed by atoms with E-state index >= 15 is 0 Å². The first-order valence-corrected chi connectivity index (χ1v) is 5.86. The Morgan fingerprint density at radius 1 is 1.05 bits per heavy atom. The van der Waals surface area contributed by atoms with Crippen LogP contribution in [0, 0.1) is 0 Å². The zero-order valence-electron chi connectivity index (χ0n) is 10.3. The van der Waals surface area contributed by atoms with Gasteiger partial charge in [-0.25, -0.2) is 4.79 Å². The van der Waals surface area contributed by atoms with E-state index in [-0.39, 0.29) is 5.91 Å². The van der Waals surface area contributed by atoms with Gasteiger partial charge in [-0.2, -0.15) is 0 Å². The van der Waals surface area contributed by atoms with Crippen molar-refractivity contribution in [2.45, 2.75) is 6.04 Å². The fourth-order valence-electron chi connectivity index (χ4n) is 2.20. The molecule has 1 aliphatic heterocycles. The van der Waals surface area contributed by atoms with Crippen molar-refractivity contribution in [3.8, 4) is 5.75 Å². The van der Waals surface area contributed by atoms with Gasteiger partial charge in [0, 0.05) is 0 Å². The molecular weight excluding hydrogens is 244 g/mol. The second kappa shape index (κ2) is 4.28. The highest BCUT2D eigenvalue weighted by molar-refractivity contribution is 6.05. The molecule has 2 N–H and O–H groups in total. The maximum Gasteiger partial charge on any atom is 0.322 e. The van der Waals surface area contributed by atoms with Crippen LogP contribution < -0.4 is 15.4 Å². The molecule has 1 unspecified atom stereocenters. The fraction of sp³-hybridized carbons (Fsp3) is 0.143. The number of ether oxygens (including phenoxy) is 1. The van der Waals surface area contributed by atoms with E-state index in [1.165, 1.54) is 0 Å². The second-order valence-electron chi connectivity index (χ2n) is 4.37. The van der Waals surface area contributed by atoms with Crippen LogP contribution in [0.25, 0.3) is 10.8 Å². The molecule has 0 saturated carbocycles. The van der Waals surface area contributed by atoms with Crippen molar-refractivity contribution in [3.63, 3.8) is 0 Å². The zero-order chi connectivity index (χ0) is 13.4. The van der Waals surface area contributed by atoms with E-state index in [0.717, 1.165) is 22.1 Å². The molecule has 0 aliphatic carbocycles. The van der Waals surface area contributed by atoms with E-state index in [9.17, 15) is 9.59 Å².